The van der Waals surface area contributed by atoms with Gasteiger partial charge in [-0.15, -0.1) is 0 Å². The van der Waals surface area contributed by atoms with Gasteiger partial charge in [-0.1, -0.05) is 18.2 Å². The number of benzene rings is 1. The van der Waals surface area contributed by atoms with Gasteiger partial charge in [0, 0.05) is 18.4 Å². The molecule has 2 aromatic rings. The number of carboxylic acid groups (broad SMARTS) is 1. The maximum Gasteiger partial charge on any atom is 0.339 e. The highest BCUT2D eigenvalue weighted by molar-refractivity contribution is 5.95. The lowest BCUT2D eigenvalue weighted by atomic mass is 10.1. The monoisotopic (exact) mass is 256 g/mol. The number of pyridine rings is 1. The first-order valence-electron chi connectivity index (χ1n) is 6.16. The van der Waals surface area contributed by atoms with E-state index in [0.29, 0.717) is 17.9 Å². The molecule has 0 saturated carbocycles. The Balaban J connectivity index is 2.56. The summed E-state index contributed by atoms with van der Waals surface area (Å²) in [5.74, 6) is -0.462. The van der Waals surface area contributed by atoms with Crippen LogP contribution >= 0.6 is 0 Å². The second-order valence-corrected chi connectivity index (χ2v) is 4.21. The van der Waals surface area contributed by atoms with Crippen molar-refractivity contribution in [2.45, 2.75) is 13.8 Å². The van der Waals surface area contributed by atoms with Crippen LogP contribution in [0, 0.1) is 6.92 Å². The van der Waals surface area contributed by atoms with Gasteiger partial charge in [0.25, 0.3) is 0 Å². The molecule has 98 valence electrons. The van der Waals surface area contributed by atoms with Crippen LogP contribution in [0.15, 0.2) is 42.6 Å². The lowest BCUT2D eigenvalue weighted by Gasteiger charge is -2.24. The van der Waals surface area contributed by atoms with E-state index >= 15 is 0 Å². The van der Waals surface area contributed by atoms with Crippen molar-refractivity contribution in [1.29, 1.82) is 0 Å². The minimum absolute atomic E-state index is 0.258. The van der Waals surface area contributed by atoms with Gasteiger partial charge < -0.3 is 10.0 Å². The molecule has 0 unspecified atom stereocenters. The molecule has 1 N–H and O–H groups in total. The number of carboxylic acids is 1. The summed E-state index contributed by atoms with van der Waals surface area (Å²) in [4.78, 5) is 17.6. The summed E-state index contributed by atoms with van der Waals surface area (Å²) in [6.07, 6.45) is 1.64. The van der Waals surface area contributed by atoms with E-state index in [1.54, 1.807) is 19.2 Å². The first kappa shape index (κ1) is 13.1. The number of para-hydroxylation sites is 1. The van der Waals surface area contributed by atoms with E-state index in [4.69, 9.17) is 0 Å². The molecular weight excluding hydrogens is 240 g/mol. The molecule has 0 atom stereocenters. The summed E-state index contributed by atoms with van der Waals surface area (Å²) in [5.41, 5.74) is 1.91. The van der Waals surface area contributed by atoms with Crippen LogP contribution in [0.25, 0.3) is 0 Å². The second-order valence-electron chi connectivity index (χ2n) is 4.21. The minimum Gasteiger partial charge on any atom is -0.478 e. The molecule has 0 spiro atoms. The Bertz CT molecular complexity index is 582. The molecule has 0 fully saturated rings. The predicted octanol–water partition coefficient (Wildman–Crippen LogP) is 3.25. The molecule has 1 heterocycles. The molecule has 0 aliphatic rings. The molecule has 4 nitrogen and oxygen atoms in total. The van der Waals surface area contributed by atoms with Gasteiger partial charge in [0.15, 0.2) is 0 Å². The predicted molar refractivity (Wildman–Crippen MR) is 75.1 cm³/mol. The van der Waals surface area contributed by atoms with Gasteiger partial charge in [-0.05, 0) is 37.6 Å². The fraction of sp³-hybridized carbons (Fsp3) is 0.200. The number of hydrogen-bond donors (Lipinski definition) is 1. The van der Waals surface area contributed by atoms with Crippen molar-refractivity contribution in [3.8, 4) is 0 Å². The smallest absolute Gasteiger partial charge is 0.339 e. The van der Waals surface area contributed by atoms with Crippen molar-refractivity contribution < 1.29 is 9.90 Å². The van der Waals surface area contributed by atoms with Crippen molar-refractivity contribution in [3.05, 3.63) is 53.7 Å². The first-order chi connectivity index (χ1) is 9.15. The molecule has 1 aromatic heterocycles. The van der Waals surface area contributed by atoms with E-state index in [9.17, 15) is 9.90 Å². The minimum atomic E-state index is -0.949. The SMILES string of the molecule is CCN(c1ccccc1)c1nccc(C)c1C(=O)O. The van der Waals surface area contributed by atoms with E-state index in [1.807, 2.05) is 42.2 Å². The van der Waals surface area contributed by atoms with Gasteiger partial charge >= 0.3 is 5.97 Å². The van der Waals surface area contributed by atoms with Crippen LogP contribution in [0.4, 0.5) is 11.5 Å². The highest BCUT2D eigenvalue weighted by Crippen LogP contribution is 2.27. The van der Waals surface area contributed by atoms with Gasteiger partial charge in [0.1, 0.15) is 11.4 Å². The standard InChI is InChI=1S/C15H16N2O2/c1-3-17(12-7-5-4-6-8-12)14-13(15(18)19)11(2)9-10-16-14/h4-10H,3H2,1-2H3,(H,18,19). The highest BCUT2D eigenvalue weighted by Gasteiger charge is 2.19. The number of carbonyl (C=O) groups is 1. The summed E-state index contributed by atoms with van der Waals surface area (Å²) < 4.78 is 0. The molecule has 0 bridgehead atoms. The third kappa shape index (κ3) is 2.57. The van der Waals surface area contributed by atoms with Crippen LogP contribution in [-0.2, 0) is 0 Å². The molecule has 1 aromatic carbocycles. The van der Waals surface area contributed by atoms with Crippen LogP contribution in [0.1, 0.15) is 22.8 Å². The maximum absolute atomic E-state index is 11.4. The average Bonchev–Trinajstić information content (AvgIpc) is 2.40. The van der Waals surface area contributed by atoms with Crippen LogP contribution in [0.5, 0.6) is 0 Å². The lowest BCUT2D eigenvalue weighted by molar-refractivity contribution is 0.0696. The molecule has 0 saturated heterocycles. The van der Waals surface area contributed by atoms with Crippen molar-refractivity contribution in [2.75, 3.05) is 11.4 Å². The third-order valence-electron chi connectivity index (χ3n) is 2.99. The van der Waals surface area contributed by atoms with E-state index in [-0.39, 0.29) is 5.56 Å². The molecule has 0 radical (unpaired) electrons. The lowest BCUT2D eigenvalue weighted by Crippen LogP contribution is -2.21. The summed E-state index contributed by atoms with van der Waals surface area (Å²) in [7, 11) is 0. The summed E-state index contributed by atoms with van der Waals surface area (Å²) in [5, 5.41) is 9.37. The largest absolute Gasteiger partial charge is 0.478 e. The van der Waals surface area contributed by atoms with Crippen molar-refractivity contribution in [3.63, 3.8) is 0 Å². The zero-order valence-electron chi connectivity index (χ0n) is 11.0. The maximum atomic E-state index is 11.4. The Labute approximate surface area is 112 Å². The summed E-state index contributed by atoms with van der Waals surface area (Å²) >= 11 is 0. The average molecular weight is 256 g/mol. The topological polar surface area (TPSA) is 53.4 Å². The van der Waals surface area contributed by atoms with Gasteiger partial charge in [0.2, 0.25) is 0 Å². The van der Waals surface area contributed by atoms with Crippen molar-refractivity contribution >= 4 is 17.5 Å². The van der Waals surface area contributed by atoms with Gasteiger partial charge in [-0.25, -0.2) is 9.78 Å². The number of aryl methyl sites for hydroxylation is 1. The number of hydrogen-bond acceptors (Lipinski definition) is 3. The van der Waals surface area contributed by atoms with E-state index in [0.717, 1.165) is 5.69 Å². The molecule has 19 heavy (non-hydrogen) atoms. The number of nitrogens with zero attached hydrogens (tertiary/aromatic N) is 2. The third-order valence-corrected chi connectivity index (χ3v) is 2.99. The second kappa shape index (κ2) is 5.52. The Kier molecular flexibility index (Phi) is 3.80. The number of aromatic nitrogens is 1. The summed E-state index contributed by atoms with van der Waals surface area (Å²) in [6.45, 7) is 4.41. The summed E-state index contributed by atoms with van der Waals surface area (Å²) in [6, 6.07) is 11.4. The number of aromatic carboxylic acids is 1. The number of rotatable bonds is 4. The van der Waals surface area contributed by atoms with Crippen LogP contribution in [0.2, 0.25) is 0 Å². The van der Waals surface area contributed by atoms with E-state index < -0.39 is 5.97 Å². The van der Waals surface area contributed by atoms with E-state index in [2.05, 4.69) is 4.98 Å². The fourth-order valence-corrected chi connectivity index (χ4v) is 2.08. The zero-order chi connectivity index (χ0) is 13.8. The highest BCUT2D eigenvalue weighted by atomic mass is 16.4. The van der Waals surface area contributed by atoms with Crippen LogP contribution < -0.4 is 4.90 Å². The Hall–Kier alpha value is -2.36. The molecule has 4 heteroatoms. The normalized spacial score (nSPS) is 10.2. The van der Waals surface area contributed by atoms with Crippen molar-refractivity contribution in [1.82, 2.24) is 4.98 Å². The number of anilines is 2. The molecule has 0 aliphatic carbocycles. The Morgan fingerprint density at radius 2 is 1.95 bits per heavy atom. The molecule has 0 aliphatic heterocycles. The Morgan fingerprint density at radius 1 is 1.26 bits per heavy atom. The van der Waals surface area contributed by atoms with E-state index in [1.165, 1.54) is 0 Å². The molecule has 0 amide bonds. The molecular formula is C15H16N2O2. The van der Waals surface area contributed by atoms with Crippen LogP contribution in [0.3, 0.4) is 0 Å². The van der Waals surface area contributed by atoms with Gasteiger partial charge in [-0.3, -0.25) is 0 Å². The quantitative estimate of drug-likeness (QED) is 0.912. The fourth-order valence-electron chi connectivity index (χ4n) is 2.08. The van der Waals surface area contributed by atoms with Crippen molar-refractivity contribution in [2.24, 2.45) is 0 Å². The molecule has 2 rings (SSSR count). The zero-order valence-corrected chi connectivity index (χ0v) is 11.0. The van der Waals surface area contributed by atoms with Crippen LogP contribution in [-0.4, -0.2) is 22.6 Å². The van der Waals surface area contributed by atoms with Gasteiger partial charge in [0.05, 0.1) is 0 Å². The van der Waals surface area contributed by atoms with Gasteiger partial charge in [-0.2, -0.15) is 0 Å². The first-order valence-corrected chi connectivity index (χ1v) is 6.16. The Morgan fingerprint density at radius 3 is 2.53 bits per heavy atom.